The van der Waals surface area contributed by atoms with Crippen LogP contribution in [0.2, 0.25) is 0 Å². The zero-order chi connectivity index (χ0) is 21.6. The van der Waals surface area contributed by atoms with Crippen molar-refractivity contribution in [2.45, 2.75) is 12.6 Å². The summed E-state index contributed by atoms with van der Waals surface area (Å²) in [5.74, 6) is 0.767. The Morgan fingerprint density at radius 1 is 1.03 bits per heavy atom. The second kappa shape index (κ2) is 9.59. The highest BCUT2D eigenvalue weighted by atomic mass is 16.6. The average molecular weight is 420 g/mol. The first-order chi connectivity index (χ1) is 15.1. The summed E-state index contributed by atoms with van der Waals surface area (Å²) in [5, 5.41) is 21.8. The topological polar surface area (TPSA) is 85.1 Å². The van der Waals surface area contributed by atoms with Crippen LogP contribution in [0.25, 0.3) is 0 Å². The van der Waals surface area contributed by atoms with Gasteiger partial charge >= 0.3 is 0 Å². The van der Waals surface area contributed by atoms with Crippen molar-refractivity contribution >= 4 is 5.69 Å². The Kier molecular flexibility index (Phi) is 6.45. The summed E-state index contributed by atoms with van der Waals surface area (Å²) in [6.07, 6.45) is 0. The van der Waals surface area contributed by atoms with Crippen molar-refractivity contribution in [3.63, 3.8) is 0 Å². The molecule has 31 heavy (non-hydrogen) atoms. The first kappa shape index (κ1) is 20.8. The predicted molar refractivity (Wildman–Crippen MR) is 116 cm³/mol. The van der Waals surface area contributed by atoms with Crippen molar-refractivity contribution in [1.29, 1.82) is 0 Å². The van der Waals surface area contributed by atoms with E-state index in [0.29, 0.717) is 38.5 Å². The molecule has 1 N–H and O–H groups in total. The number of benzene rings is 3. The standard InChI is InChI=1S/C24H24N2O5/c27-23-11-8-20(26(28)29)16-22(23)24(25-12-14-30-15-13-25)19-6-9-21(10-7-19)31-17-18-4-2-1-3-5-18/h1-11,16,24,27H,12-15,17H2/t24-/m1/s1. The third kappa shape index (κ3) is 5.02. The van der Waals surface area contributed by atoms with Gasteiger partial charge in [-0.15, -0.1) is 0 Å². The zero-order valence-corrected chi connectivity index (χ0v) is 17.0. The Morgan fingerprint density at radius 3 is 2.42 bits per heavy atom. The molecule has 1 fully saturated rings. The number of phenols is 1. The van der Waals surface area contributed by atoms with Gasteiger partial charge in [0.1, 0.15) is 18.1 Å². The van der Waals surface area contributed by atoms with Gasteiger partial charge in [-0.1, -0.05) is 42.5 Å². The van der Waals surface area contributed by atoms with Gasteiger partial charge in [0, 0.05) is 30.8 Å². The van der Waals surface area contributed by atoms with Gasteiger partial charge in [0.15, 0.2) is 0 Å². The molecule has 160 valence electrons. The molecule has 0 bridgehead atoms. The highest BCUT2D eigenvalue weighted by molar-refractivity contribution is 5.48. The smallest absolute Gasteiger partial charge is 0.270 e. The number of nitro benzene ring substituents is 1. The van der Waals surface area contributed by atoms with Crippen LogP contribution in [0.3, 0.4) is 0 Å². The van der Waals surface area contributed by atoms with Crippen molar-refractivity contribution in [2.75, 3.05) is 26.3 Å². The third-order valence-electron chi connectivity index (χ3n) is 5.37. The molecule has 3 aromatic rings. The summed E-state index contributed by atoms with van der Waals surface area (Å²) in [6, 6.07) is 21.4. The van der Waals surface area contributed by atoms with Gasteiger partial charge in [0.2, 0.25) is 0 Å². The lowest BCUT2D eigenvalue weighted by Gasteiger charge is -2.35. The van der Waals surface area contributed by atoms with Gasteiger partial charge < -0.3 is 14.6 Å². The second-order valence-corrected chi connectivity index (χ2v) is 7.39. The molecule has 0 aromatic heterocycles. The lowest BCUT2D eigenvalue weighted by molar-refractivity contribution is -0.385. The molecular formula is C24H24N2O5. The van der Waals surface area contributed by atoms with Crippen LogP contribution in [-0.2, 0) is 11.3 Å². The van der Waals surface area contributed by atoms with E-state index in [0.717, 1.165) is 16.9 Å². The van der Waals surface area contributed by atoms with E-state index in [-0.39, 0.29) is 17.5 Å². The van der Waals surface area contributed by atoms with Crippen LogP contribution in [0, 0.1) is 10.1 Å². The van der Waals surface area contributed by atoms with E-state index < -0.39 is 4.92 Å². The molecule has 7 heteroatoms. The first-order valence-corrected chi connectivity index (χ1v) is 10.2. The Labute approximate surface area is 180 Å². The molecule has 7 nitrogen and oxygen atoms in total. The number of nitrogens with zero attached hydrogens (tertiary/aromatic N) is 2. The van der Waals surface area contributed by atoms with Gasteiger partial charge in [-0.2, -0.15) is 0 Å². The predicted octanol–water partition coefficient (Wildman–Crippen LogP) is 4.30. The van der Waals surface area contributed by atoms with Gasteiger partial charge in [0.05, 0.1) is 24.2 Å². The Bertz CT molecular complexity index is 1020. The van der Waals surface area contributed by atoms with Crippen molar-refractivity contribution in [1.82, 2.24) is 4.90 Å². The number of hydrogen-bond acceptors (Lipinski definition) is 6. The van der Waals surface area contributed by atoms with Crippen molar-refractivity contribution < 1.29 is 19.5 Å². The number of non-ortho nitro benzene ring substituents is 1. The minimum absolute atomic E-state index is 0.0338. The van der Waals surface area contributed by atoms with Crippen LogP contribution in [0.1, 0.15) is 22.7 Å². The molecule has 0 spiro atoms. The van der Waals surface area contributed by atoms with E-state index in [1.807, 2.05) is 54.6 Å². The lowest BCUT2D eigenvalue weighted by atomic mass is 9.95. The van der Waals surface area contributed by atoms with E-state index in [2.05, 4.69) is 4.90 Å². The Hall–Kier alpha value is -3.42. The van der Waals surface area contributed by atoms with Crippen molar-refractivity contribution in [2.24, 2.45) is 0 Å². The van der Waals surface area contributed by atoms with Crippen molar-refractivity contribution in [3.8, 4) is 11.5 Å². The number of rotatable bonds is 7. The molecule has 1 saturated heterocycles. The monoisotopic (exact) mass is 420 g/mol. The fraction of sp³-hybridized carbons (Fsp3) is 0.250. The number of aromatic hydroxyl groups is 1. The molecule has 0 aliphatic carbocycles. The third-order valence-corrected chi connectivity index (χ3v) is 5.37. The van der Waals surface area contributed by atoms with Crippen LogP contribution in [0.4, 0.5) is 5.69 Å². The number of ether oxygens (including phenoxy) is 2. The fourth-order valence-corrected chi connectivity index (χ4v) is 3.78. The molecule has 1 heterocycles. The largest absolute Gasteiger partial charge is 0.508 e. The number of morpholine rings is 1. The van der Waals surface area contributed by atoms with Gasteiger partial charge in [-0.3, -0.25) is 15.0 Å². The first-order valence-electron chi connectivity index (χ1n) is 10.2. The summed E-state index contributed by atoms with van der Waals surface area (Å²) in [7, 11) is 0. The Balaban J connectivity index is 1.61. The molecule has 0 amide bonds. The average Bonchev–Trinajstić information content (AvgIpc) is 2.81. The van der Waals surface area contributed by atoms with E-state index >= 15 is 0 Å². The van der Waals surface area contributed by atoms with Crippen LogP contribution in [0.5, 0.6) is 11.5 Å². The molecule has 0 unspecified atom stereocenters. The molecule has 0 radical (unpaired) electrons. The quantitative estimate of drug-likeness (QED) is 0.453. The number of nitro groups is 1. The van der Waals surface area contributed by atoms with Gasteiger partial charge in [-0.05, 0) is 29.3 Å². The lowest BCUT2D eigenvalue weighted by Crippen LogP contribution is -2.39. The number of hydrogen-bond donors (Lipinski definition) is 1. The summed E-state index contributed by atoms with van der Waals surface area (Å²) in [6.45, 7) is 2.95. The molecule has 3 aromatic carbocycles. The van der Waals surface area contributed by atoms with E-state index in [4.69, 9.17) is 9.47 Å². The van der Waals surface area contributed by atoms with Crippen LogP contribution in [0.15, 0.2) is 72.8 Å². The van der Waals surface area contributed by atoms with E-state index in [1.165, 1.54) is 18.2 Å². The summed E-state index contributed by atoms with van der Waals surface area (Å²) >= 11 is 0. The van der Waals surface area contributed by atoms with E-state index in [1.54, 1.807) is 0 Å². The zero-order valence-electron chi connectivity index (χ0n) is 17.0. The molecule has 1 aliphatic rings. The maximum Gasteiger partial charge on any atom is 0.270 e. The normalized spacial score (nSPS) is 15.4. The highest BCUT2D eigenvalue weighted by Gasteiger charge is 2.28. The minimum atomic E-state index is -0.445. The summed E-state index contributed by atoms with van der Waals surface area (Å²) < 4.78 is 11.4. The molecule has 1 aliphatic heterocycles. The number of phenolic OH excluding ortho intramolecular Hbond substituents is 1. The van der Waals surface area contributed by atoms with Crippen LogP contribution < -0.4 is 4.74 Å². The summed E-state index contributed by atoms with van der Waals surface area (Å²) in [5.41, 5.74) is 2.46. The second-order valence-electron chi connectivity index (χ2n) is 7.39. The Morgan fingerprint density at radius 2 is 1.74 bits per heavy atom. The van der Waals surface area contributed by atoms with Crippen LogP contribution in [-0.4, -0.2) is 41.2 Å². The SMILES string of the molecule is O=[N+]([O-])c1ccc(O)c([C@@H](c2ccc(OCc3ccccc3)cc2)N2CCOCC2)c1. The van der Waals surface area contributed by atoms with Crippen molar-refractivity contribution in [3.05, 3.63) is 99.6 Å². The summed E-state index contributed by atoms with van der Waals surface area (Å²) in [4.78, 5) is 13.0. The van der Waals surface area contributed by atoms with Gasteiger partial charge in [-0.25, -0.2) is 0 Å². The van der Waals surface area contributed by atoms with Gasteiger partial charge in [0.25, 0.3) is 5.69 Å². The van der Waals surface area contributed by atoms with E-state index in [9.17, 15) is 15.2 Å². The molecule has 1 atom stereocenters. The maximum absolute atomic E-state index is 11.3. The maximum atomic E-state index is 11.3. The fourth-order valence-electron chi connectivity index (χ4n) is 3.78. The molecule has 4 rings (SSSR count). The minimum Gasteiger partial charge on any atom is -0.508 e. The van der Waals surface area contributed by atoms with Crippen LogP contribution >= 0.6 is 0 Å². The highest BCUT2D eigenvalue weighted by Crippen LogP contribution is 2.37. The molecular weight excluding hydrogens is 396 g/mol. The molecule has 0 saturated carbocycles.